The van der Waals surface area contributed by atoms with Crippen LogP contribution in [0, 0.1) is 11.8 Å². The Hall–Kier alpha value is -0.380. The number of rotatable bonds is 9. The van der Waals surface area contributed by atoms with Gasteiger partial charge >= 0.3 is 0 Å². The van der Waals surface area contributed by atoms with Crippen LogP contribution in [0.4, 0.5) is 0 Å². The van der Waals surface area contributed by atoms with Crippen molar-refractivity contribution < 1.29 is 14.2 Å². The molecule has 0 aliphatic heterocycles. The third kappa shape index (κ3) is 8.30. The maximum absolute atomic E-state index is 6.07. The van der Waals surface area contributed by atoms with Gasteiger partial charge in [0.15, 0.2) is 0 Å². The number of ether oxygens (including phenoxy) is 3. The highest BCUT2D eigenvalue weighted by Crippen LogP contribution is 2.34. The molecule has 0 aromatic rings. The molecule has 3 atom stereocenters. The van der Waals surface area contributed by atoms with Gasteiger partial charge in [-0.1, -0.05) is 19.1 Å². The standard InChI is InChI=1S/C19H36O3/c1-15(2)17-9-8-16(3)14-18(17)21-13-12-20-10-7-11-22-19(4,5)6/h16-18H,1,7-14H2,2-6H3. The second-order valence-corrected chi connectivity index (χ2v) is 7.71. The van der Waals surface area contributed by atoms with E-state index in [0.29, 0.717) is 25.2 Å². The van der Waals surface area contributed by atoms with E-state index < -0.39 is 0 Å². The Labute approximate surface area is 137 Å². The van der Waals surface area contributed by atoms with Gasteiger partial charge in [0.1, 0.15) is 0 Å². The smallest absolute Gasteiger partial charge is 0.0704 e. The molecule has 0 amide bonds. The Bertz CT molecular complexity index is 319. The zero-order valence-electron chi connectivity index (χ0n) is 15.3. The van der Waals surface area contributed by atoms with Gasteiger partial charge in [-0.15, -0.1) is 0 Å². The van der Waals surface area contributed by atoms with Crippen molar-refractivity contribution in [3.63, 3.8) is 0 Å². The highest BCUT2D eigenvalue weighted by Gasteiger charge is 2.29. The summed E-state index contributed by atoms with van der Waals surface area (Å²) in [4.78, 5) is 0. The van der Waals surface area contributed by atoms with Crippen molar-refractivity contribution in [1.82, 2.24) is 0 Å². The van der Waals surface area contributed by atoms with Gasteiger partial charge < -0.3 is 14.2 Å². The molecule has 1 aliphatic rings. The molecule has 0 aromatic carbocycles. The lowest BCUT2D eigenvalue weighted by Gasteiger charge is -2.35. The Kier molecular flexibility index (Phi) is 8.66. The molecule has 1 rings (SSSR count). The van der Waals surface area contributed by atoms with Crippen molar-refractivity contribution in [1.29, 1.82) is 0 Å². The average molecular weight is 312 g/mol. The lowest BCUT2D eigenvalue weighted by molar-refractivity contribution is -0.0455. The Balaban J connectivity index is 2.09. The second kappa shape index (κ2) is 9.69. The first-order valence-electron chi connectivity index (χ1n) is 8.78. The molecule has 3 nitrogen and oxygen atoms in total. The van der Waals surface area contributed by atoms with Crippen LogP contribution in [0.3, 0.4) is 0 Å². The summed E-state index contributed by atoms with van der Waals surface area (Å²) < 4.78 is 17.4. The summed E-state index contributed by atoms with van der Waals surface area (Å²) in [6.45, 7) is 17.6. The first-order chi connectivity index (χ1) is 10.3. The molecule has 22 heavy (non-hydrogen) atoms. The molecule has 3 heteroatoms. The van der Waals surface area contributed by atoms with Crippen LogP contribution in [0.2, 0.25) is 0 Å². The van der Waals surface area contributed by atoms with Gasteiger partial charge in [0.25, 0.3) is 0 Å². The Morgan fingerprint density at radius 3 is 2.45 bits per heavy atom. The van der Waals surface area contributed by atoms with E-state index in [1.54, 1.807) is 0 Å². The van der Waals surface area contributed by atoms with E-state index >= 15 is 0 Å². The van der Waals surface area contributed by atoms with Gasteiger partial charge in [0, 0.05) is 19.1 Å². The third-order valence-corrected chi connectivity index (χ3v) is 4.21. The maximum Gasteiger partial charge on any atom is 0.0704 e. The molecule has 3 unspecified atom stereocenters. The summed E-state index contributed by atoms with van der Waals surface area (Å²) in [6.07, 6.45) is 4.92. The Morgan fingerprint density at radius 2 is 1.82 bits per heavy atom. The van der Waals surface area contributed by atoms with Gasteiger partial charge in [0.05, 0.1) is 24.9 Å². The molecule has 0 radical (unpaired) electrons. The van der Waals surface area contributed by atoms with Crippen molar-refractivity contribution in [2.45, 2.75) is 72.0 Å². The van der Waals surface area contributed by atoms with Crippen LogP contribution >= 0.6 is 0 Å². The first-order valence-corrected chi connectivity index (χ1v) is 8.78. The molecular formula is C19H36O3. The fourth-order valence-electron chi connectivity index (χ4n) is 2.98. The van der Waals surface area contributed by atoms with Gasteiger partial charge in [-0.25, -0.2) is 0 Å². The van der Waals surface area contributed by atoms with Crippen molar-refractivity contribution in [2.24, 2.45) is 11.8 Å². The van der Waals surface area contributed by atoms with Crippen molar-refractivity contribution in [2.75, 3.05) is 26.4 Å². The van der Waals surface area contributed by atoms with Crippen LogP contribution in [-0.4, -0.2) is 38.1 Å². The van der Waals surface area contributed by atoms with Crippen LogP contribution in [-0.2, 0) is 14.2 Å². The van der Waals surface area contributed by atoms with E-state index in [0.717, 1.165) is 32.0 Å². The van der Waals surface area contributed by atoms with E-state index in [1.165, 1.54) is 18.4 Å². The van der Waals surface area contributed by atoms with E-state index in [4.69, 9.17) is 14.2 Å². The van der Waals surface area contributed by atoms with E-state index in [9.17, 15) is 0 Å². The molecule has 0 N–H and O–H groups in total. The molecule has 0 bridgehead atoms. The van der Waals surface area contributed by atoms with Crippen LogP contribution in [0.15, 0.2) is 12.2 Å². The summed E-state index contributed by atoms with van der Waals surface area (Å²) in [5, 5.41) is 0. The maximum atomic E-state index is 6.07. The predicted molar refractivity (Wildman–Crippen MR) is 92.2 cm³/mol. The summed E-state index contributed by atoms with van der Waals surface area (Å²) in [5.74, 6) is 1.28. The fourth-order valence-corrected chi connectivity index (χ4v) is 2.98. The molecule has 1 aliphatic carbocycles. The fraction of sp³-hybridized carbons (Fsp3) is 0.895. The molecule has 130 valence electrons. The van der Waals surface area contributed by atoms with E-state index in [-0.39, 0.29) is 5.60 Å². The van der Waals surface area contributed by atoms with Gasteiger partial charge in [-0.05, 0) is 59.3 Å². The minimum atomic E-state index is -0.0572. The first kappa shape index (κ1) is 19.7. The van der Waals surface area contributed by atoms with Gasteiger partial charge in [-0.3, -0.25) is 0 Å². The molecule has 0 aromatic heterocycles. The Morgan fingerprint density at radius 1 is 1.09 bits per heavy atom. The summed E-state index contributed by atoms with van der Waals surface area (Å²) in [6, 6.07) is 0. The minimum Gasteiger partial charge on any atom is -0.379 e. The minimum absolute atomic E-state index is 0.0572. The van der Waals surface area contributed by atoms with Crippen LogP contribution in [0.5, 0.6) is 0 Å². The van der Waals surface area contributed by atoms with Crippen molar-refractivity contribution >= 4 is 0 Å². The molecule has 0 spiro atoms. The molecule has 1 fully saturated rings. The van der Waals surface area contributed by atoms with E-state index in [2.05, 4.69) is 41.2 Å². The SMILES string of the molecule is C=C(C)C1CCC(C)CC1OCCOCCCOC(C)(C)C. The lowest BCUT2D eigenvalue weighted by atomic mass is 9.78. The molecular weight excluding hydrogens is 276 g/mol. The quantitative estimate of drug-likeness (QED) is 0.460. The zero-order chi connectivity index (χ0) is 16.6. The lowest BCUT2D eigenvalue weighted by Crippen LogP contribution is -2.32. The monoisotopic (exact) mass is 312 g/mol. The number of hydrogen-bond donors (Lipinski definition) is 0. The van der Waals surface area contributed by atoms with Gasteiger partial charge in [0.2, 0.25) is 0 Å². The summed E-state index contributed by atoms with van der Waals surface area (Å²) in [7, 11) is 0. The van der Waals surface area contributed by atoms with Crippen LogP contribution in [0.1, 0.15) is 60.3 Å². The van der Waals surface area contributed by atoms with E-state index in [1.807, 2.05) is 0 Å². The highest BCUT2D eigenvalue weighted by molar-refractivity contribution is 5.02. The largest absolute Gasteiger partial charge is 0.379 e. The third-order valence-electron chi connectivity index (χ3n) is 4.21. The molecule has 0 saturated heterocycles. The summed E-state index contributed by atoms with van der Waals surface area (Å²) in [5.41, 5.74) is 1.20. The normalized spacial score (nSPS) is 26.1. The van der Waals surface area contributed by atoms with Crippen LogP contribution < -0.4 is 0 Å². The molecule has 1 saturated carbocycles. The van der Waals surface area contributed by atoms with Crippen molar-refractivity contribution in [3.8, 4) is 0 Å². The number of hydrogen-bond acceptors (Lipinski definition) is 3. The molecule has 0 heterocycles. The van der Waals surface area contributed by atoms with Crippen LogP contribution in [0.25, 0.3) is 0 Å². The highest BCUT2D eigenvalue weighted by atomic mass is 16.5. The second-order valence-electron chi connectivity index (χ2n) is 7.71. The predicted octanol–water partition coefficient (Wildman–Crippen LogP) is 4.61. The van der Waals surface area contributed by atoms with Gasteiger partial charge in [-0.2, -0.15) is 0 Å². The summed E-state index contributed by atoms with van der Waals surface area (Å²) >= 11 is 0. The average Bonchev–Trinajstić information content (AvgIpc) is 2.40. The topological polar surface area (TPSA) is 27.7 Å². The van der Waals surface area contributed by atoms with Crippen molar-refractivity contribution in [3.05, 3.63) is 12.2 Å². The zero-order valence-corrected chi connectivity index (χ0v) is 15.3.